The lowest BCUT2D eigenvalue weighted by Crippen LogP contribution is -1.96. The van der Waals surface area contributed by atoms with Crippen molar-refractivity contribution >= 4 is 10.8 Å². The maximum absolute atomic E-state index is 12.0. The lowest BCUT2D eigenvalue weighted by molar-refractivity contribution is 0.682. The van der Waals surface area contributed by atoms with Crippen LogP contribution >= 0.6 is 0 Å². The quantitative estimate of drug-likeness (QED) is 0.790. The number of aryl methyl sites for hydroxylation is 1. The summed E-state index contributed by atoms with van der Waals surface area (Å²) in [6, 6.07) is 17.8. The van der Waals surface area contributed by atoms with Crippen molar-refractivity contribution < 1.29 is 4.21 Å². The van der Waals surface area contributed by atoms with Crippen molar-refractivity contribution in [1.29, 1.82) is 0 Å². The molecule has 0 saturated heterocycles. The predicted octanol–water partition coefficient (Wildman–Crippen LogP) is 3.30. The van der Waals surface area contributed by atoms with Crippen LogP contribution in [0.4, 0.5) is 0 Å². The van der Waals surface area contributed by atoms with E-state index >= 15 is 0 Å². The van der Waals surface area contributed by atoms with Gasteiger partial charge in [0.05, 0.1) is 16.6 Å². The van der Waals surface area contributed by atoms with E-state index in [0.717, 1.165) is 10.5 Å². The summed E-state index contributed by atoms with van der Waals surface area (Å²) in [6.45, 7) is 2.05. The number of hydrogen-bond donors (Lipinski definition) is 0. The molecule has 0 fully saturated rings. The maximum atomic E-state index is 12.0. The second kappa shape index (κ2) is 5.08. The molecule has 0 saturated carbocycles. The van der Waals surface area contributed by atoms with Crippen LogP contribution in [-0.2, 0) is 16.6 Å². The molecule has 2 rings (SSSR count). The molecule has 82 valence electrons. The fourth-order valence-electron chi connectivity index (χ4n) is 1.61. The van der Waals surface area contributed by atoms with E-state index < -0.39 is 10.8 Å². The fraction of sp³-hybridized carbons (Fsp3) is 0.143. The van der Waals surface area contributed by atoms with Crippen LogP contribution in [0, 0.1) is 6.92 Å². The summed E-state index contributed by atoms with van der Waals surface area (Å²) >= 11 is 0. The summed E-state index contributed by atoms with van der Waals surface area (Å²) in [5.41, 5.74) is 2.34. The van der Waals surface area contributed by atoms with E-state index in [4.69, 9.17) is 0 Å². The van der Waals surface area contributed by atoms with E-state index in [1.807, 2.05) is 42.5 Å². The lowest BCUT2D eigenvalue weighted by Gasteiger charge is -2.03. The highest BCUT2D eigenvalue weighted by Crippen LogP contribution is 2.12. The fourth-order valence-corrected chi connectivity index (χ4v) is 2.72. The number of rotatable bonds is 3. The predicted molar refractivity (Wildman–Crippen MR) is 67.7 cm³/mol. The molecule has 0 aliphatic rings. The third-order valence-corrected chi connectivity index (χ3v) is 3.78. The highest BCUT2D eigenvalue weighted by atomic mass is 32.2. The van der Waals surface area contributed by atoms with Gasteiger partial charge in [-0.1, -0.05) is 48.0 Å². The standard InChI is InChI=1S/C14H14OS/c1-12-6-5-7-13(10-12)11-16(15)14-8-3-2-4-9-14/h2-10H,11H2,1H3. The Morgan fingerprint density at radius 2 is 1.75 bits per heavy atom. The van der Waals surface area contributed by atoms with Crippen molar-refractivity contribution in [1.82, 2.24) is 0 Å². The van der Waals surface area contributed by atoms with Crippen molar-refractivity contribution in [2.24, 2.45) is 0 Å². The van der Waals surface area contributed by atoms with Crippen LogP contribution in [0.3, 0.4) is 0 Å². The van der Waals surface area contributed by atoms with Crippen LogP contribution < -0.4 is 0 Å². The van der Waals surface area contributed by atoms with Gasteiger partial charge in [0.1, 0.15) is 0 Å². The van der Waals surface area contributed by atoms with Gasteiger partial charge in [-0.3, -0.25) is 4.21 Å². The Hall–Kier alpha value is -1.41. The molecule has 0 spiro atoms. The average Bonchev–Trinajstić information content (AvgIpc) is 2.30. The van der Waals surface area contributed by atoms with Crippen molar-refractivity contribution in [3.63, 3.8) is 0 Å². The Balaban J connectivity index is 2.14. The first-order valence-corrected chi connectivity index (χ1v) is 6.56. The van der Waals surface area contributed by atoms with Gasteiger partial charge in [-0.05, 0) is 24.6 Å². The van der Waals surface area contributed by atoms with Gasteiger partial charge in [-0.25, -0.2) is 0 Å². The summed E-state index contributed by atoms with van der Waals surface area (Å²) in [7, 11) is -0.943. The second-order valence-corrected chi connectivity index (χ2v) is 5.24. The third kappa shape index (κ3) is 2.80. The molecule has 16 heavy (non-hydrogen) atoms. The average molecular weight is 230 g/mol. The van der Waals surface area contributed by atoms with Crippen LogP contribution in [0.1, 0.15) is 11.1 Å². The summed E-state index contributed by atoms with van der Waals surface area (Å²) < 4.78 is 12.0. The molecule has 0 bridgehead atoms. The molecule has 2 aromatic carbocycles. The normalized spacial score (nSPS) is 12.3. The summed E-state index contributed by atoms with van der Waals surface area (Å²) in [6.07, 6.45) is 0. The smallest absolute Gasteiger partial charge is 0.0574 e. The molecular formula is C14H14OS. The van der Waals surface area contributed by atoms with E-state index in [2.05, 4.69) is 19.1 Å². The van der Waals surface area contributed by atoms with Gasteiger partial charge in [0.25, 0.3) is 0 Å². The van der Waals surface area contributed by atoms with Gasteiger partial charge in [-0.15, -0.1) is 0 Å². The summed E-state index contributed by atoms with van der Waals surface area (Å²) in [5.74, 6) is 0.589. The lowest BCUT2D eigenvalue weighted by atomic mass is 10.2. The zero-order chi connectivity index (χ0) is 11.4. The molecule has 2 heteroatoms. The molecule has 0 aromatic heterocycles. The Morgan fingerprint density at radius 1 is 1.00 bits per heavy atom. The zero-order valence-electron chi connectivity index (χ0n) is 9.22. The van der Waals surface area contributed by atoms with E-state index in [-0.39, 0.29) is 0 Å². The van der Waals surface area contributed by atoms with E-state index in [9.17, 15) is 4.21 Å². The summed E-state index contributed by atoms with van der Waals surface area (Å²) in [4.78, 5) is 0.893. The van der Waals surface area contributed by atoms with Gasteiger partial charge in [-0.2, -0.15) is 0 Å². The van der Waals surface area contributed by atoms with E-state index in [0.29, 0.717) is 5.75 Å². The van der Waals surface area contributed by atoms with Gasteiger partial charge in [0.15, 0.2) is 0 Å². The Kier molecular flexibility index (Phi) is 3.52. The monoisotopic (exact) mass is 230 g/mol. The molecule has 2 aromatic rings. The van der Waals surface area contributed by atoms with Gasteiger partial charge in [0, 0.05) is 4.90 Å². The van der Waals surface area contributed by atoms with Gasteiger partial charge >= 0.3 is 0 Å². The Bertz CT molecular complexity index is 491. The molecule has 0 heterocycles. The molecule has 1 unspecified atom stereocenters. The highest BCUT2D eigenvalue weighted by Gasteiger charge is 2.04. The Labute approximate surface area is 98.6 Å². The first-order valence-electron chi connectivity index (χ1n) is 5.25. The zero-order valence-corrected chi connectivity index (χ0v) is 10.0. The van der Waals surface area contributed by atoms with Crippen LogP contribution in [0.2, 0.25) is 0 Å². The molecule has 1 nitrogen and oxygen atoms in total. The van der Waals surface area contributed by atoms with E-state index in [1.54, 1.807) is 0 Å². The van der Waals surface area contributed by atoms with Gasteiger partial charge in [0.2, 0.25) is 0 Å². The maximum Gasteiger partial charge on any atom is 0.0574 e. The Morgan fingerprint density at radius 3 is 2.44 bits per heavy atom. The van der Waals surface area contributed by atoms with Crippen LogP contribution in [0.5, 0.6) is 0 Å². The first-order chi connectivity index (χ1) is 7.75. The minimum Gasteiger partial charge on any atom is -0.254 e. The van der Waals surface area contributed by atoms with Crippen molar-refractivity contribution in [3.05, 3.63) is 65.7 Å². The minimum absolute atomic E-state index is 0.589. The molecule has 0 aliphatic carbocycles. The van der Waals surface area contributed by atoms with Crippen molar-refractivity contribution in [2.45, 2.75) is 17.6 Å². The SMILES string of the molecule is Cc1cccc(CS(=O)c2ccccc2)c1. The topological polar surface area (TPSA) is 17.1 Å². The third-order valence-electron chi connectivity index (χ3n) is 2.39. The molecule has 0 aliphatic heterocycles. The molecule has 0 amide bonds. The summed E-state index contributed by atoms with van der Waals surface area (Å²) in [5, 5.41) is 0. The molecule has 1 atom stereocenters. The van der Waals surface area contributed by atoms with Gasteiger partial charge < -0.3 is 0 Å². The number of benzene rings is 2. The second-order valence-electron chi connectivity index (χ2n) is 3.79. The molecule has 0 radical (unpaired) electrons. The molecule has 0 N–H and O–H groups in total. The highest BCUT2D eigenvalue weighted by molar-refractivity contribution is 7.84. The van der Waals surface area contributed by atoms with Crippen LogP contribution in [-0.4, -0.2) is 4.21 Å². The first kappa shape index (κ1) is 11.1. The van der Waals surface area contributed by atoms with E-state index in [1.165, 1.54) is 5.56 Å². The van der Waals surface area contributed by atoms with Crippen molar-refractivity contribution in [3.8, 4) is 0 Å². The van der Waals surface area contributed by atoms with Crippen molar-refractivity contribution in [2.75, 3.05) is 0 Å². The minimum atomic E-state index is -0.943. The molecular weight excluding hydrogens is 216 g/mol. The largest absolute Gasteiger partial charge is 0.254 e. The van der Waals surface area contributed by atoms with Crippen LogP contribution in [0.15, 0.2) is 59.5 Å². The number of hydrogen-bond acceptors (Lipinski definition) is 1. The van der Waals surface area contributed by atoms with Crippen LogP contribution in [0.25, 0.3) is 0 Å².